The van der Waals surface area contributed by atoms with E-state index in [9.17, 15) is 9.59 Å². The van der Waals surface area contributed by atoms with Gasteiger partial charge in [-0.3, -0.25) is 14.6 Å². The highest BCUT2D eigenvalue weighted by molar-refractivity contribution is 5.95. The third-order valence-electron chi connectivity index (χ3n) is 4.80. The quantitative estimate of drug-likeness (QED) is 0.842. The summed E-state index contributed by atoms with van der Waals surface area (Å²) in [6.07, 6.45) is 7.60. The van der Waals surface area contributed by atoms with Crippen molar-refractivity contribution >= 4 is 28.8 Å². The molecule has 136 valence electrons. The molecule has 5 heteroatoms. The van der Waals surface area contributed by atoms with E-state index in [0.717, 1.165) is 42.3 Å². The fraction of sp³-hybridized carbons (Fsp3) is 0.381. The molecular weight excluding hydrogens is 326 g/mol. The fourth-order valence-corrected chi connectivity index (χ4v) is 3.28. The van der Waals surface area contributed by atoms with Crippen LogP contribution < -0.4 is 5.32 Å². The number of hydrogen-bond donors (Lipinski definition) is 1. The van der Waals surface area contributed by atoms with Crippen LogP contribution in [0.1, 0.15) is 31.7 Å². The number of benzene rings is 1. The predicted octanol–water partition coefficient (Wildman–Crippen LogP) is 3.01. The van der Waals surface area contributed by atoms with Gasteiger partial charge in [-0.15, -0.1) is 0 Å². The number of rotatable bonds is 5. The van der Waals surface area contributed by atoms with Gasteiger partial charge >= 0.3 is 0 Å². The summed E-state index contributed by atoms with van der Waals surface area (Å²) in [6, 6.07) is 9.85. The number of piperidine rings is 1. The highest BCUT2D eigenvalue weighted by Gasteiger charge is 2.26. The number of nitrogens with one attached hydrogen (secondary N) is 1. The first kappa shape index (κ1) is 18.1. The van der Waals surface area contributed by atoms with E-state index in [4.69, 9.17) is 0 Å². The molecule has 0 saturated carbocycles. The fourth-order valence-electron chi connectivity index (χ4n) is 3.28. The van der Waals surface area contributed by atoms with E-state index < -0.39 is 0 Å². The van der Waals surface area contributed by atoms with E-state index in [0.29, 0.717) is 13.1 Å². The first-order chi connectivity index (χ1) is 12.7. The summed E-state index contributed by atoms with van der Waals surface area (Å²) in [4.78, 5) is 30.7. The maximum atomic E-state index is 12.5. The summed E-state index contributed by atoms with van der Waals surface area (Å²) >= 11 is 0. The van der Waals surface area contributed by atoms with Crippen molar-refractivity contribution in [2.24, 2.45) is 5.92 Å². The van der Waals surface area contributed by atoms with Crippen molar-refractivity contribution in [1.82, 2.24) is 15.2 Å². The molecule has 0 bridgehead atoms. The molecule has 1 aromatic carbocycles. The van der Waals surface area contributed by atoms with Crippen LogP contribution in [0.25, 0.3) is 17.0 Å². The van der Waals surface area contributed by atoms with Gasteiger partial charge in [0.1, 0.15) is 0 Å². The zero-order valence-corrected chi connectivity index (χ0v) is 15.1. The number of carbonyl (C=O) groups is 2. The molecular formula is C21H25N3O2. The van der Waals surface area contributed by atoms with Gasteiger partial charge in [0.25, 0.3) is 0 Å². The molecule has 0 spiro atoms. The second-order valence-corrected chi connectivity index (χ2v) is 6.65. The smallest absolute Gasteiger partial charge is 0.246 e. The summed E-state index contributed by atoms with van der Waals surface area (Å²) in [6.45, 7) is 4.02. The monoisotopic (exact) mass is 351 g/mol. The summed E-state index contributed by atoms with van der Waals surface area (Å²) < 4.78 is 0. The molecule has 1 aliphatic rings. The van der Waals surface area contributed by atoms with Gasteiger partial charge in [-0.2, -0.15) is 0 Å². The van der Waals surface area contributed by atoms with E-state index in [1.807, 2.05) is 48.2 Å². The first-order valence-corrected chi connectivity index (χ1v) is 9.27. The zero-order chi connectivity index (χ0) is 18.4. The number of nitrogens with zero attached hydrogens (tertiary/aromatic N) is 2. The van der Waals surface area contributed by atoms with Crippen LogP contribution in [0.5, 0.6) is 0 Å². The van der Waals surface area contributed by atoms with Gasteiger partial charge in [0.15, 0.2) is 0 Å². The number of likely N-dealkylation sites (tertiary alicyclic amines) is 1. The molecule has 1 aromatic heterocycles. The number of hydrogen-bond acceptors (Lipinski definition) is 3. The van der Waals surface area contributed by atoms with Gasteiger partial charge < -0.3 is 10.2 Å². The van der Waals surface area contributed by atoms with Crippen molar-refractivity contribution < 1.29 is 9.59 Å². The van der Waals surface area contributed by atoms with Crippen molar-refractivity contribution in [3.63, 3.8) is 0 Å². The van der Waals surface area contributed by atoms with Crippen molar-refractivity contribution in [1.29, 1.82) is 0 Å². The molecule has 2 heterocycles. The van der Waals surface area contributed by atoms with Crippen LogP contribution in [-0.4, -0.2) is 41.3 Å². The summed E-state index contributed by atoms with van der Waals surface area (Å²) in [5.41, 5.74) is 1.83. The van der Waals surface area contributed by atoms with E-state index >= 15 is 0 Å². The SMILES string of the molecule is CCCNC(=O)C1CCN(C(=O)/C=C/c2cccc3cccnc23)CC1. The molecule has 0 aliphatic carbocycles. The highest BCUT2D eigenvalue weighted by Crippen LogP contribution is 2.19. The van der Waals surface area contributed by atoms with Crippen LogP contribution in [-0.2, 0) is 9.59 Å². The van der Waals surface area contributed by atoms with E-state index in [1.165, 1.54) is 0 Å². The Balaban J connectivity index is 1.59. The van der Waals surface area contributed by atoms with Gasteiger partial charge in [-0.25, -0.2) is 0 Å². The summed E-state index contributed by atoms with van der Waals surface area (Å²) in [5.74, 6) is 0.138. The molecule has 0 unspecified atom stereocenters. The number of para-hydroxylation sites is 1. The molecule has 26 heavy (non-hydrogen) atoms. The Morgan fingerprint density at radius 1 is 1.23 bits per heavy atom. The Bertz CT molecular complexity index is 803. The zero-order valence-electron chi connectivity index (χ0n) is 15.1. The Morgan fingerprint density at radius 3 is 2.77 bits per heavy atom. The van der Waals surface area contributed by atoms with Gasteiger partial charge in [0.2, 0.25) is 11.8 Å². The lowest BCUT2D eigenvalue weighted by atomic mass is 9.95. The summed E-state index contributed by atoms with van der Waals surface area (Å²) in [5, 5.41) is 4.00. The molecule has 1 N–H and O–H groups in total. The van der Waals surface area contributed by atoms with Crippen LogP contribution in [0.3, 0.4) is 0 Å². The minimum Gasteiger partial charge on any atom is -0.356 e. The average molecular weight is 351 g/mol. The molecule has 1 aliphatic heterocycles. The Morgan fingerprint density at radius 2 is 2.00 bits per heavy atom. The molecule has 0 atom stereocenters. The van der Waals surface area contributed by atoms with Crippen molar-refractivity contribution in [2.45, 2.75) is 26.2 Å². The maximum absolute atomic E-state index is 12.5. The largest absolute Gasteiger partial charge is 0.356 e. The van der Waals surface area contributed by atoms with E-state index in [2.05, 4.69) is 10.3 Å². The Kier molecular flexibility index (Phi) is 6.00. The number of carbonyl (C=O) groups excluding carboxylic acids is 2. The maximum Gasteiger partial charge on any atom is 0.246 e. The highest BCUT2D eigenvalue weighted by atomic mass is 16.2. The minimum absolute atomic E-state index is 0.00893. The number of pyridine rings is 1. The molecule has 2 aromatic rings. The molecule has 3 rings (SSSR count). The van der Waals surface area contributed by atoms with Crippen LogP contribution in [0, 0.1) is 5.92 Å². The van der Waals surface area contributed by atoms with Gasteiger partial charge in [0.05, 0.1) is 5.52 Å². The lowest BCUT2D eigenvalue weighted by Crippen LogP contribution is -2.42. The standard InChI is InChI=1S/C21H25N3O2/c1-2-12-23-21(26)18-10-14-24(15-11-18)19(25)9-8-17-6-3-5-16-7-4-13-22-20(16)17/h3-9,13,18H,2,10-12,14-15H2,1H3,(H,23,26)/b9-8+. The second kappa shape index (κ2) is 8.61. The van der Waals surface area contributed by atoms with Gasteiger partial charge in [0, 0.05) is 48.8 Å². The molecule has 0 radical (unpaired) electrons. The number of aromatic nitrogens is 1. The second-order valence-electron chi connectivity index (χ2n) is 6.65. The third-order valence-corrected chi connectivity index (χ3v) is 4.80. The Labute approximate surface area is 154 Å². The van der Waals surface area contributed by atoms with Crippen LogP contribution >= 0.6 is 0 Å². The number of amides is 2. The van der Waals surface area contributed by atoms with E-state index in [1.54, 1.807) is 12.3 Å². The van der Waals surface area contributed by atoms with Gasteiger partial charge in [-0.05, 0) is 31.4 Å². The van der Waals surface area contributed by atoms with Crippen LogP contribution in [0.2, 0.25) is 0 Å². The topological polar surface area (TPSA) is 62.3 Å². The molecule has 5 nitrogen and oxygen atoms in total. The average Bonchev–Trinajstić information content (AvgIpc) is 2.70. The predicted molar refractivity (Wildman–Crippen MR) is 103 cm³/mol. The van der Waals surface area contributed by atoms with E-state index in [-0.39, 0.29) is 17.7 Å². The molecule has 1 saturated heterocycles. The Hall–Kier alpha value is -2.69. The summed E-state index contributed by atoms with van der Waals surface area (Å²) in [7, 11) is 0. The first-order valence-electron chi connectivity index (χ1n) is 9.27. The van der Waals surface area contributed by atoms with Crippen molar-refractivity contribution in [2.75, 3.05) is 19.6 Å². The minimum atomic E-state index is -0.00893. The normalized spacial score (nSPS) is 15.5. The van der Waals surface area contributed by atoms with Crippen molar-refractivity contribution in [3.8, 4) is 0 Å². The lowest BCUT2D eigenvalue weighted by Gasteiger charge is -2.30. The molecule has 2 amide bonds. The number of fused-ring (bicyclic) bond motifs is 1. The van der Waals surface area contributed by atoms with Crippen LogP contribution in [0.15, 0.2) is 42.6 Å². The van der Waals surface area contributed by atoms with Crippen molar-refractivity contribution in [3.05, 3.63) is 48.2 Å². The lowest BCUT2D eigenvalue weighted by molar-refractivity contribution is -0.132. The van der Waals surface area contributed by atoms with Crippen LogP contribution in [0.4, 0.5) is 0 Å². The van der Waals surface area contributed by atoms with Gasteiger partial charge in [-0.1, -0.05) is 31.2 Å². The molecule has 1 fully saturated rings. The third kappa shape index (κ3) is 4.28.